The van der Waals surface area contributed by atoms with Crippen LogP contribution < -0.4 is 5.32 Å². The van der Waals surface area contributed by atoms with Gasteiger partial charge in [-0.3, -0.25) is 19.3 Å². The van der Waals surface area contributed by atoms with Crippen molar-refractivity contribution in [2.45, 2.75) is 38.1 Å². The molecule has 0 radical (unpaired) electrons. The Bertz CT molecular complexity index is 520. The van der Waals surface area contributed by atoms with Crippen LogP contribution in [0, 0.1) is 0 Å². The number of hydrogen-bond acceptors (Lipinski definition) is 7. The number of aliphatic hydroxyl groups is 1. The van der Waals surface area contributed by atoms with Gasteiger partial charge in [0.25, 0.3) is 11.8 Å². The summed E-state index contributed by atoms with van der Waals surface area (Å²) in [5.74, 6) is -0.748. The van der Waals surface area contributed by atoms with E-state index in [1.165, 1.54) is 17.1 Å². The van der Waals surface area contributed by atoms with Crippen molar-refractivity contribution >= 4 is 17.7 Å². The van der Waals surface area contributed by atoms with E-state index in [0.717, 1.165) is 6.42 Å². The molecule has 28 heavy (non-hydrogen) atoms. The second-order valence-electron chi connectivity index (χ2n) is 6.90. The summed E-state index contributed by atoms with van der Waals surface area (Å²) in [6.45, 7) is 3.80. The van der Waals surface area contributed by atoms with E-state index in [4.69, 9.17) is 14.2 Å². The monoisotopic (exact) mass is 400 g/mol. The van der Waals surface area contributed by atoms with Crippen molar-refractivity contribution in [2.24, 2.45) is 0 Å². The average molecular weight is 400 g/mol. The Labute approximate surface area is 166 Å². The Morgan fingerprint density at radius 3 is 2.36 bits per heavy atom. The molecule has 0 aromatic carbocycles. The van der Waals surface area contributed by atoms with Crippen molar-refractivity contribution in [2.75, 3.05) is 53.3 Å². The molecule has 1 rings (SSSR count). The zero-order valence-corrected chi connectivity index (χ0v) is 16.8. The van der Waals surface area contributed by atoms with E-state index >= 15 is 0 Å². The zero-order valence-electron chi connectivity index (χ0n) is 16.8. The molecule has 1 unspecified atom stereocenters. The third kappa shape index (κ3) is 9.41. The lowest BCUT2D eigenvalue weighted by molar-refractivity contribution is -0.137. The van der Waals surface area contributed by atoms with Gasteiger partial charge in [0, 0.05) is 32.2 Å². The van der Waals surface area contributed by atoms with Gasteiger partial charge < -0.3 is 24.6 Å². The molecule has 0 aliphatic carbocycles. The van der Waals surface area contributed by atoms with Gasteiger partial charge in [0.2, 0.25) is 5.91 Å². The minimum Gasteiger partial charge on any atom is -0.394 e. The summed E-state index contributed by atoms with van der Waals surface area (Å²) < 4.78 is 15.6. The van der Waals surface area contributed by atoms with Crippen LogP contribution in [0.25, 0.3) is 0 Å². The Morgan fingerprint density at radius 1 is 1.07 bits per heavy atom. The first-order valence-electron chi connectivity index (χ1n) is 9.52. The molecule has 1 aliphatic rings. The van der Waals surface area contributed by atoms with Gasteiger partial charge >= 0.3 is 0 Å². The number of methoxy groups -OCH3 is 1. The molecule has 3 amide bonds. The Morgan fingerprint density at radius 2 is 1.71 bits per heavy atom. The van der Waals surface area contributed by atoms with Crippen LogP contribution in [-0.4, -0.2) is 86.6 Å². The van der Waals surface area contributed by atoms with E-state index in [9.17, 15) is 19.5 Å². The lowest BCUT2D eigenvalue weighted by atomic mass is 10.0. The molecule has 0 fully saturated rings. The van der Waals surface area contributed by atoms with Crippen molar-refractivity contribution < 1.29 is 33.7 Å². The number of nitrogens with zero attached hydrogens (tertiary/aromatic N) is 1. The molecule has 2 N–H and O–H groups in total. The van der Waals surface area contributed by atoms with E-state index in [1.54, 1.807) is 14.0 Å². The van der Waals surface area contributed by atoms with E-state index in [0.29, 0.717) is 52.2 Å². The van der Waals surface area contributed by atoms with Crippen LogP contribution >= 0.6 is 0 Å². The number of hydrogen-bond donors (Lipinski definition) is 2. The summed E-state index contributed by atoms with van der Waals surface area (Å²) in [6.07, 6.45) is 4.82. The molecule has 0 aromatic heterocycles. The highest BCUT2D eigenvalue weighted by Crippen LogP contribution is 2.09. The van der Waals surface area contributed by atoms with E-state index < -0.39 is 5.54 Å². The summed E-state index contributed by atoms with van der Waals surface area (Å²) in [5.41, 5.74) is -0.857. The van der Waals surface area contributed by atoms with E-state index in [-0.39, 0.29) is 30.9 Å². The molecule has 0 spiro atoms. The summed E-state index contributed by atoms with van der Waals surface area (Å²) in [5, 5.41) is 12.4. The van der Waals surface area contributed by atoms with Crippen molar-refractivity contribution in [3.05, 3.63) is 12.2 Å². The predicted octanol–water partition coefficient (Wildman–Crippen LogP) is 0.0186. The molecule has 9 heteroatoms. The fourth-order valence-electron chi connectivity index (χ4n) is 2.56. The molecule has 9 nitrogen and oxygen atoms in total. The Kier molecular flexibility index (Phi) is 11.6. The van der Waals surface area contributed by atoms with Crippen molar-refractivity contribution in [1.29, 1.82) is 0 Å². The smallest absolute Gasteiger partial charge is 0.253 e. The van der Waals surface area contributed by atoms with Gasteiger partial charge in [0.05, 0.1) is 45.2 Å². The molecule has 1 heterocycles. The number of rotatable bonds is 16. The maximum absolute atomic E-state index is 12.1. The van der Waals surface area contributed by atoms with Crippen LogP contribution in [-0.2, 0) is 28.6 Å². The average Bonchev–Trinajstić information content (AvgIpc) is 2.99. The fraction of sp³-hybridized carbons (Fsp3) is 0.737. The molecule has 1 aliphatic heterocycles. The number of amides is 3. The minimum atomic E-state index is -0.857. The highest BCUT2D eigenvalue weighted by atomic mass is 16.5. The van der Waals surface area contributed by atoms with Gasteiger partial charge in [0.1, 0.15) is 0 Å². The van der Waals surface area contributed by atoms with Gasteiger partial charge in [-0.15, -0.1) is 0 Å². The topological polar surface area (TPSA) is 114 Å². The van der Waals surface area contributed by atoms with Crippen molar-refractivity contribution in [1.82, 2.24) is 10.2 Å². The number of carbonyl (C=O) groups excluding carboxylic acids is 3. The van der Waals surface area contributed by atoms with Gasteiger partial charge in [-0.25, -0.2) is 0 Å². The van der Waals surface area contributed by atoms with Crippen molar-refractivity contribution in [3.8, 4) is 0 Å². The molecule has 0 saturated heterocycles. The predicted molar refractivity (Wildman–Crippen MR) is 101 cm³/mol. The standard InChI is InChI=1S/C19H32N2O7/c1-19(14-22,15-28-13-12-27-11-10-26-2)20-16(23)6-4-3-5-9-21-17(24)7-8-18(21)25/h7-8,22H,3-6,9-15H2,1-2H3,(H,20,23). The SMILES string of the molecule is COCCOCCOCC(C)(CO)NC(=O)CCCCCN1C(=O)C=CC1=O. The number of aliphatic hydroxyl groups excluding tert-OH is 1. The van der Waals surface area contributed by atoms with Crippen LogP contribution in [0.1, 0.15) is 32.6 Å². The number of imide groups is 1. The van der Waals surface area contributed by atoms with Gasteiger partial charge in [-0.05, 0) is 19.8 Å². The first-order valence-corrected chi connectivity index (χ1v) is 9.52. The highest BCUT2D eigenvalue weighted by Gasteiger charge is 2.26. The first-order chi connectivity index (χ1) is 13.4. The molecule has 0 saturated carbocycles. The number of carbonyl (C=O) groups is 3. The van der Waals surface area contributed by atoms with Gasteiger partial charge in [-0.2, -0.15) is 0 Å². The minimum absolute atomic E-state index is 0.175. The quantitative estimate of drug-likeness (QED) is 0.277. The summed E-state index contributed by atoms with van der Waals surface area (Å²) in [7, 11) is 1.60. The van der Waals surface area contributed by atoms with E-state index in [2.05, 4.69) is 5.32 Å². The second-order valence-corrected chi connectivity index (χ2v) is 6.90. The van der Waals surface area contributed by atoms with Crippen molar-refractivity contribution in [3.63, 3.8) is 0 Å². The molecule has 0 bridgehead atoms. The largest absolute Gasteiger partial charge is 0.394 e. The maximum Gasteiger partial charge on any atom is 0.253 e. The zero-order chi connectivity index (χ0) is 20.8. The third-order valence-electron chi connectivity index (χ3n) is 4.20. The number of unbranched alkanes of at least 4 members (excludes halogenated alkanes) is 2. The number of ether oxygens (including phenoxy) is 3. The molecule has 0 aromatic rings. The first kappa shape index (κ1) is 24.2. The molecular formula is C19H32N2O7. The Balaban J connectivity index is 2.13. The third-order valence-corrected chi connectivity index (χ3v) is 4.20. The number of nitrogens with one attached hydrogen (secondary N) is 1. The van der Waals surface area contributed by atoms with Crippen LogP contribution in [0.4, 0.5) is 0 Å². The van der Waals surface area contributed by atoms with Gasteiger partial charge in [0.15, 0.2) is 0 Å². The Hall–Kier alpha value is -1.81. The lowest BCUT2D eigenvalue weighted by Gasteiger charge is -2.28. The second kappa shape index (κ2) is 13.4. The summed E-state index contributed by atoms with van der Waals surface area (Å²) in [6, 6.07) is 0. The highest BCUT2D eigenvalue weighted by molar-refractivity contribution is 6.12. The molecule has 160 valence electrons. The summed E-state index contributed by atoms with van der Waals surface area (Å²) in [4.78, 5) is 36.1. The van der Waals surface area contributed by atoms with E-state index in [1.807, 2.05) is 0 Å². The summed E-state index contributed by atoms with van der Waals surface area (Å²) >= 11 is 0. The fourth-order valence-corrected chi connectivity index (χ4v) is 2.56. The normalized spacial score (nSPS) is 15.9. The maximum atomic E-state index is 12.1. The molecule has 1 atom stereocenters. The van der Waals surface area contributed by atoms with Gasteiger partial charge in [-0.1, -0.05) is 6.42 Å². The molecular weight excluding hydrogens is 368 g/mol. The lowest BCUT2D eigenvalue weighted by Crippen LogP contribution is -2.52. The van der Waals surface area contributed by atoms with Crippen LogP contribution in [0.15, 0.2) is 12.2 Å². The van der Waals surface area contributed by atoms with Crippen LogP contribution in [0.3, 0.4) is 0 Å². The van der Waals surface area contributed by atoms with Crippen LogP contribution in [0.5, 0.6) is 0 Å². The van der Waals surface area contributed by atoms with Crippen LogP contribution in [0.2, 0.25) is 0 Å².